The molecule has 0 aromatic heterocycles. The largest absolute Gasteiger partial charge is 0.455 e. The molecule has 1 aliphatic heterocycles. The third-order valence-corrected chi connectivity index (χ3v) is 6.91. The number of ether oxygens (including phenoxy) is 1. The van der Waals surface area contributed by atoms with Gasteiger partial charge in [-0.25, -0.2) is 17.2 Å². The number of carbonyl (C=O) groups is 3. The summed E-state index contributed by atoms with van der Waals surface area (Å²) in [5.41, 5.74) is 4.64. The first-order valence-corrected chi connectivity index (χ1v) is 11.4. The average molecular weight is 481 g/mol. The maximum absolute atomic E-state index is 13.9. The molecule has 0 saturated carbocycles. The number of hydrogen-bond acceptors (Lipinski definition) is 6. The molecule has 33 heavy (non-hydrogen) atoms. The van der Waals surface area contributed by atoms with E-state index in [1.807, 2.05) is 0 Å². The van der Waals surface area contributed by atoms with Crippen LogP contribution in [0.25, 0.3) is 0 Å². The molecule has 3 rings (SSSR count). The Labute approximate surface area is 188 Å². The fourth-order valence-corrected chi connectivity index (χ4v) is 4.77. The smallest absolute Gasteiger partial charge is 0.309 e. The van der Waals surface area contributed by atoms with Gasteiger partial charge in [-0.3, -0.25) is 25.2 Å². The van der Waals surface area contributed by atoms with E-state index in [9.17, 15) is 31.6 Å². The van der Waals surface area contributed by atoms with E-state index in [0.29, 0.717) is 11.6 Å². The monoisotopic (exact) mass is 481 g/mol. The fourth-order valence-electron chi connectivity index (χ4n) is 3.22. The average Bonchev–Trinajstić information content (AvgIpc) is 2.83. The molecular weight excluding hydrogens is 460 g/mol. The lowest BCUT2D eigenvalue weighted by Gasteiger charge is -2.30. The van der Waals surface area contributed by atoms with Crippen LogP contribution in [0.1, 0.15) is 23.2 Å². The Bertz CT molecular complexity index is 1140. The minimum atomic E-state index is -4.27. The maximum atomic E-state index is 13.9. The van der Waals surface area contributed by atoms with Gasteiger partial charge in [0.15, 0.2) is 6.61 Å². The normalized spacial score (nSPS) is 15.0. The first-order valence-electron chi connectivity index (χ1n) is 9.94. The summed E-state index contributed by atoms with van der Waals surface area (Å²) in [6.45, 7) is -0.838. The van der Waals surface area contributed by atoms with E-state index < -0.39 is 56.9 Å². The second-order valence-corrected chi connectivity index (χ2v) is 9.14. The Morgan fingerprint density at radius 1 is 1.00 bits per heavy atom. The number of nitrogens with one attached hydrogen (secondary N) is 2. The molecule has 176 valence electrons. The van der Waals surface area contributed by atoms with Crippen molar-refractivity contribution in [3.05, 3.63) is 65.7 Å². The number of rotatable bonds is 6. The first kappa shape index (κ1) is 24.3. The summed E-state index contributed by atoms with van der Waals surface area (Å²) in [7, 11) is -4.27. The number of benzene rings is 2. The summed E-state index contributed by atoms with van der Waals surface area (Å²) < 4.78 is 58.4. The fraction of sp³-hybridized carbons (Fsp3) is 0.286. The van der Waals surface area contributed by atoms with Gasteiger partial charge in [-0.15, -0.1) is 0 Å². The van der Waals surface area contributed by atoms with Crippen molar-refractivity contribution in [2.24, 2.45) is 5.92 Å². The van der Waals surface area contributed by atoms with Crippen molar-refractivity contribution in [3.63, 3.8) is 0 Å². The first-order chi connectivity index (χ1) is 15.7. The summed E-state index contributed by atoms with van der Waals surface area (Å²) in [6, 6.07) is 10.3. The Hall–Kier alpha value is -3.38. The van der Waals surface area contributed by atoms with Crippen LogP contribution in [0.3, 0.4) is 0 Å². The van der Waals surface area contributed by atoms with Crippen LogP contribution in [0.15, 0.2) is 53.4 Å². The molecule has 9 nitrogen and oxygen atoms in total. The van der Waals surface area contributed by atoms with Gasteiger partial charge in [0.05, 0.1) is 5.92 Å². The molecule has 2 N–H and O–H groups in total. The molecule has 0 unspecified atom stereocenters. The zero-order valence-electron chi connectivity index (χ0n) is 17.3. The van der Waals surface area contributed by atoms with E-state index in [4.69, 9.17) is 4.74 Å². The van der Waals surface area contributed by atoms with E-state index in [1.54, 1.807) is 30.3 Å². The molecule has 0 aliphatic carbocycles. The van der Waals surface area contributed by atoms with Crippen molar-refractivity contribution in [3.8, 4) is 0 Å². The van der Waals surface area contributed by atoms with Gasteiger partial charge in [0.1, 0.15) is 16.5 Å². The molecule has 0 bridgehead atoms. The molecule has 0 radical (unpaired) electrons. The summed E-state index contributed by atoms with van der Waals surface area (Å²) in [4.78, 5) is 35.1. The highest BCUT2D eigenvalue weighted by molar-refractivity contribution is 7.89. The van der Waals surface area contributed by atoms with Crippen LogP contribution >= 0.6 is 0 Å². The van der Waals surface area contributed by atoms with Crippen molar-refractivity contribution >= 4 is 27.8 Å². The van der Waals surface area contributed by atoms with Gasteiger partial charge in [0, 0.05) is 18.7 Å². The third kappa shape index (κ3) is 6.11. The third-order valence-electron chi connectivity index (χ3n) is 5.00. The Morgan fingerprint density at radius 2 is 1.67 bits per heavy atom. The zero-order valence-corrected chi connectivity index (χ0v) is 18.1. The van der Waals surface area contributed by atoms with E-state index in [-0.39, 0.29) is 25.9 Å². The SMILES string of the molecule is O=C(COC(=O)C1CCN(S(=O)(=O)c2cc(F)ccc2F)CC1)NNC(=O)c1ccccc1. The minimum Gasteiger partial charge on any atom is -0.455 e. The number of hydrogen-bond donors (Lipinski definition) is 2. The zero-order chi connectivity index (χ0) is 24.0. The van der Waals surface area contributed by atoms with Crippen LogP contribution in [0.4, 0.5) is 8.78 Å². The molecule has 1 aliphatic rings. The standard InChI is InChI=1S/C21H21F2N3O6S/c22-16-6-7-17(23)18(12-16)33(30,31)26-10-8-15(9-11-26)21(29)32-13-19(27)24-25-20(28)14-4-2-1-3-5-14/h1-7,12,15H,8-11,13H2,(H,24,27)(H,25,28). The van der Waals surface area contributed by atoms with Crippen LogP contribution in [-0.2, 0) is 24.3 Å². The van der Waals surface area contributed by atoms with E-state index >= 15 is 0 Å². The molecule has 2 aromatic rings. The number of halogens is 2. The highest BCUT2D eigenvalue weighted by Gasteiger charge is 2.34. The van der Waals surface area contributed by atoms with Gasteiger partial charge in [-0.05, 0) is 43.2 Å². The quantitative estimate of drug-likeness (QED) is 0.475. The molecule has 2 amide bonds. The molecule has 1 fully saturated rings. The molecular formula is C21H21F2N3O6S. The molecule has 1 heterocycles. The Balaban J connectivity index is 1.45. The predicted octanol–water partition coefficient (Wildman–Crippen LogP) is 1.37. The minimum absolute atomic E-state index is 0.0847. The van der Waals surface area contributed by atoms with Crippen molar-refractivity contribution in [2.75, 3.05) is 19.7 Å². The summed E-state index contributed by atoms with van der Waals surface area (Å²) in [6.07, 6.45) is 0.169. The molecule has 12 heteroatoms. The number of esters is 1. The van der Waals surface area contributed by atoms with Gasteiger partial charge in [0.25, 0.3) is 11.8 Å². The van der Waals surface area contributed by atoms with Crippen LogP contribution in [0.2, 0.25) is 0 Å². The van der Waals surface area contributed by atoms with Gasteiger partial charge < -0.3 is 4.74 Å². The number of nitrogens with zero attached hydrogens (tertiary/aromatic N) is 1. The van der Waals surface area contributed by atoms with Crippen LogP contribution in [0.5, 0.6) is 0 Å². The van der Waals surface area contributed by atoms with E-state index in [2.05, 4.69) is 10.9 Å². The van der Waals surface area contributed by atoms with Gasteiger partial charge in [-0.2, -0.15) is 4.31 Å². The van der Waals surface area contributed by atoms with E-state index in [0.717, 1.165) is 16.4 Å². The van der Waals surface area contributed by atoms with E-state index in [1.165, 1.54) is 0 Å². The number of hydrazine groups is 1. The molecule has 0 atom stereocenters. The topological polar surface area (TPSA) is 122 Å². The summed E-state index contributed by atoms with van der Waals surface area (Å²) >= 11 is 0. The van der Waals surface area contributed by atoms with Crippen molar-refractivity contribution in [2.45, 2.75) is 17.7 Å². The van der Waals surface area contributed by atoms with Gasteiger partial charge >= 0.3 is 5.97 Å². The van der Waals surface area contributed by atoms with Crippen LogP contribution in [0, 0.1) is 17.6 Å². The summed E-state index contributed by atoms with van der Waals surface area (Å²) in [5, 5.41) is 0. The molecule has 0 spiro atoms. The predicted molar refractivity (Wildman–Crippen MR) is 111 cm³/mol. The number of piperidine rings is 1. The second kappa shape index (κ2) is 10.5. The second-order valence-electron chi connectivity index (χ2n) is 7.23. The summed E-state index contributed by atoms with van der Waals surface area (Å²) in [5.74, 6) is -4.61. The highest BCUT2D eigenvalue weighted by Crippen LogP contribution is 2.26. The maximum Gasteiger partial charge on any atom is 0.309 e. The number of sulfonamides is 1. The van der Waals surface area contributed by atoms with Crippen molar-refractivity contribution in [1.82, 2.24) is 15.2 Å². The lowest BCUT2D eigenvalue weighted by Crippen LogP contribution is -2.44. The Kier molecular flexibility index (Phi) is 7.71. The van der Waals surface area contributed by atoms with Crippen LogP contribution in [-0.4, -0.2) is 50.2 Å². The molecule has 2 aromatic carbocycles. The lowest BCUT2D eigenvalue weighted by molar-refractivity contribution is -0.153. The lowest BCUT2D eigenvalue weighted by atomic mass is 9.98. The molecule has 1 saturated heterocycles. The van der Waals surface area contributed by atoms with Crippen LogP contribution < -0.4 is 10.9 Å². The number of amides is 2. The van der Waals surface area contributed by atoms with Crippen molar-refractivity contribution < 1.29 is 36.3 Å². The number of carbonyl (C=O) groups excluding carboxylic acids is 3. The van der Waals surface area contributed by atoms with Gasteiger partial charge in [0.2, 0.25) is 10.0 Å². The highest BCUT2D eigenvalue weighted by atomic mass is 32.2. The Morgan fingerprint density at radius 3 is 2.33 bits per heavy atom. The van der Waals surface area contributed by atoms with Crippen molar-refractivity contribution in [1.29, 1.82) is 0 Å². The van der Waals surface area contributed by atoms with Gasteiger partial charge in [-0.1, -0.05) is 18.2 Å².